The van der Waals surface area contributed by atoms with Gasteiger partial charge in [0.05, 0.1) is 9.81 Å². The molecule has 4 heteroatoms. The van der Waals surface area contributed by atoms with Crippen LogP contribution in [-0.4, -0.2) is 8.42 Å². The van der Waals surface area contributed by atoms with E-state index in [1.165, 1.54) is 17.6 Å². The molecule has 0 unspecified atom stereocenters. The van der Waals surface area contributed by atoms with Crippen molar-refractivity contribution in [3.8, 4) is 0 Å². The molecule has 2 rings (SSSR count). The van der Waals surface area contributed by atoms with E-state index in [4.69, 9.17) is 0 Å². The van der Waals surface area contributed by atoms with Crippen LogP contribution in [0, 0.1) is 11.8 Å². The highest BCUT2D eigenvalue weighted by atomic mass is 79.9. The summed E-state index contributed by atoms with van der Waals surface area (Å²) in [6.07, 6.45) is 3.28. The predicted octanol–water partition coefficient (Wildman–Crippen LogP) is 5.09. The molecule has 0 amide bonds. The van der Waals surface area contributed by atoms with Crippen LogP contribution in [-0.2, 0) is 9.84 Å². The molecule has 0 N–H and O–H groups in total. The zero-order valence-electron chi connectivity index (χ0n) is 12.9. The molecule has 1 aliphatic heterocycles. The molecule has 0 aromatic rings. The van der Waals surface area contributed by atoms with Crippen molar-refractivity contribution in [2.45, 2.75) is 53.9 Å². The summed E-state index contributed by atoms with van der Waals surface area (Å²) in [5, 5.41) is 0. The van der Waals surface area contributed by atoms with Crippen molar-refractivity contribution in [1.29, 1.82) is 0 Å². The van der Waals surface area contributed by atoms with E-state index in [0.717, 1.165) is 22.9 Å². The zero-order chi connectivity index (χ0) is 15.2. The maximum atomic E-state index is 12.3. The van der Waals surface area contributed by atoms with Crippen molar-refractivity contribution in [1.82, 2.24) is 0 Å². The van der Waals surface area contributed by atoms with E-state index in [2.05, 4.69) is 36.7 Å². The van der Waals surface area contributed by atoms with Crippen molar-refractivity contribution in [2.24, 2.45) is 11.8 Å². The summed E-state index contributed by atoms with van der Waals surface area (Å²) in [7, 11) is -3.24. The van der Waals surface area contributed by atoms with Crippen LogP contribution >= 0.6 is 15.9 Å². The van der Waals surface area contributed by atoms with Crippen LogP contribution in [0.4, 0.5) is 0 Å². The van der Waals surface area contributed by atoms with Crippen LogP contribution in [0.5, 0.6) is 0 Å². The summed E-state index contributed by atoms with van der Waals surface area (Å²) in [4.78, 5) is 0.975. The summed E-state index contributed by atoms with van der Waals surface area (Å²) in [6, 6.07) is 0. The Morgan fingerprint density at radius 1 is 1.20 bits per heavy atom. The highest BCUT2D eigenvalue weighted by Gasteiger charge is 2.35. The SMILES string of the molecule is CC1=C(Br)C(C2=C(C(C)C)CC[C@@H](C)C2)=C(C)S1(=O)=O. The molecule has 112 valence electrons. The Bertz CT molecular complexity index is 633. The maximum absolute atomic E-state index is 12.3. The minimum Gasteiger partial charge on any atom is -0.219 e. The van der Waals surface area contributed by atoms with Gasteiger partial charge in [-0.05, 0) is 66.4 Å². The van der Waals surface area contributed by atoms with Gasteiger partial charge in [-0.3, -0.25) is 0 Å². The van der Waals surface area contributed by atoms with E-state index in [1.54, 1.807) is 13.8 Å². The van der Waals surface area contributed by atoms with E-state index in [9.17, 15) is 8.42 Å². The van der Waals surface area contributed by atoms with Gasteiger partial charge in [0.1, 0.15) is 0 Å². The van der Waals surface area contributed by atoms with Crippen LogP contribution in [0.15, 0.2) is 31.0 Å². The van der Waals surface area contributed by atoms with Crippen molar-refractivity contribution in [3.63, 3.8) is 0 Å². The molecule has 0 aromatic carbocycles. The monoisotopic (exact) mass is 358 g/mol. The van der Waals surface area contributed by atoms with Crippen molar-refractivity contribution < 1.29 is 8.42 Å². The fraction of sp³-hybridized carbons (Fsp3) is 0.625. The summed E-state index contributed by atoms with van der Waals surface area (Å²) < 4.78 is 25.5. The minimum atomic E-state index is -3.24. The Hall–Kier alpha value is -0.350. The van der Waals surface area contributed by atoms with Crippen LogP contribution in [0.2, 0.25) is 0 Å². The zero-order valence-corrected chi connectivity index (χ0v) is 15.3. The quantitative estimate of drug-likeness (QED) is 0.688. The predicted molar refractivity (Wildman–Crippen MR) is 88.1 cm³/mol. The Balaban J connectivity index is 2.68. The molecule has 0 bridgehead atoms. The van der Waals surface area contributed by atoms with Gasteiger partial charge in [-0.1, -0.05) is 26.3 Å². The summed E-state index contributed by atoms with van der Waals surface area (Å²) in [5.41, 5.74) is 3.64. The first kappa shape index (κ1) is 16.0. The highest BCUT2D eigenvalue weighted by Crippen LogP contribution is 2.47. The normalized spacial score (nSPS) is 27.1. The second-order valence-corrected chi connectivity index (χ2v) is 9.34. The smallest absolute Gasteiger partial charge is 0.200 e. The number of halogens is 1. The van der Waals surface area contributed by atoms with E-state index in [-0.39, 0.29) is 0 Å². The first-order valence-electron chi connectivity index (χ1n) is 7.22. The van der Waals surface area contributed by atoms with E-state index in [1.807, 2.05) is 0 Å². The van der Waals surface area contributed by atoms with Gasteiger partial charge in [-0.2, -0.15) is 0 Å². The first-order chi connectivity index (χ1) is 9.17. The number of rotatable bonds is 2. The van der Waals surface area contributed by atoms with Crippen LogP contribution in [0.3, 0.4) is 0 Å². The maximum Gasteiger partial charge on any atom is 0.200 e. The average Bonchev–Trinajstić information content (AvgIpc) is 2.50. The van der Waals surface area contributed by atoms with Gasteiger partial charge in [0.15, 0.2) is 9.84 Å². The summed E-state index contributed by atoms with van der Waals surface area (Å²) in [5.74, 6) is 1.10. The lowest BCUT2D eigenvalue weighted by molar-refractivity contribution is 0.476. The van der Waals surface area contributed by atoms with Crippen LogP contribution in [0.25, 0.3) is 0 Å². The van der Waals surface area contributed by atoms with E-state index >= 15 is 0 Å². The second kappa shape index (κ2) is 5.45. The Morgan fingerprint density at radius 3 is 2.25 bits per heavy atom. The van der Waals surface area contributed by atoms with Crippen LogP contribution < -0.4 is 0 Å². The molecule has 2 aliphatic rings. The fourth-order valence-electron chi connectivity index (χ4n) is 3.19. The van der Waals surface area contributed by atoms with Gasteiger partial charge in [0, 0.05) is 10.1 Å². The molecule has 20 heavy (non-hydrogen) atoms. The van der Waals surface area contributed by atoms with Gasteiger partial charge < -0.3 is 0 Å². The van der Waals surface area contributed by atoms with E-state index < -0.39 is 9.84 Å². The lowest BCUT2D eigenvalue weighted by Gasteiger charge is -2.28. The van der Waals surface area contributed by atoms with Gasteiger partial charge in [0.25, 0.3) is 0 Å². The van der Waals surface area contributed by atoms with Crippen molar-refractivity contribution in [2.75, 3.05) is 0 Å². The minimum absolute atomic E-state index is 0.457. The second-order valence-electron chi connectivity index (χ2n) is 6.31. The third-order valence-electron chi connectivity index (χ3n) is 4.53. The standard InChI is InChI=1S/C16H23BrO2S/c1-9(2)13-7-6-10(3)8-14(13)15-11(4)20(18,19)12(5)16(15)17/h9-10H,6-8H2,1-5H3/t10-/m1/s1. The molecule has 1 atom stereocenters. The third kappa shape index (κ3) is 2.45. The largest absolute Gasteiger partial charge is 0.219 e. The summed E-state index contributed by atoms with van der Waals surface area (Å²) >= 11 is 3.53. The number of hydrogen-bond acceptors (Lipinski definition) is 2. The molecule has 0 saturated carbocycles. The lowest BCUT2D eigenvalue weighted by Crippen LogP contribution is -2.13. The van der Waals surface area contributed by atoms with Gasteiger partial charge in [-0.15, -0.1) is 0 Å². The van der Waals surface area contributed by atoms with Crippen molar-refractivity contribution in [3.05, 3.63) is 31.0 Å². The topological polar surface area (TPSA) is 34.1 Å². The molecular weight excluding hydrogens is 336 g/mol. The number of allylic oxidation sites excluding steroid dienone is 6. The van der Waals surface area contributed by atoms with E-state index in [0.29, 0.717) is 21.6 Å². The fourth-order valence-corrected chi connectivity index (χ4v) is 5.79. The van der Waals surface area contributed by atoms with Gasteiger partial charge in [-0.25, -0.2) is 8.42 Å². The average molecular weight is 359 g/mol. The Kier molecular flexibility index (Phi) is 4.37. The third-order valence-corrected chi connectivity index (χ3v) is 7.81. The number of sulfone groups is 1. The first-order valence-corrected chi connectivity index (χ1v) is 9.50. The van der Waals surface area contributed by atoms with Crippen molar-refractivity contribution >= 4 is 25.8 Å². The van der Waals surface area contributed by atoms with Gasteiger partial charge >= 0.3 is 0 Å². The number of hydrogen-bond donors (Lipinski definition) is 0. The molecule has 0 radical (unpaired) electrons. The Labute approximate surface area is 131 Å². The summed E-state index contributed by atoms with van der Waals surface area (Å²) in [6.45, 7) is 10.1. The molecule has 1 heterocycles. The molecular formula is C16H23BrO2S. The highest BCUT2D eigenvalue weighted by molar-refractivity contribution is 9.12. The molecule has 0 aromatic heterocycles. The van der Waals surface area contributed by atoms with Gasteiger partial charge in [0.2, 0.25) is 0 Å². The molecule has 1 aliphatic carbocycles. The lowest BCUT2D eigenvalue weighted by atomic mass is 9.77. The Morgan fingerprint density at radius 2 is 1.80 bits per heavy atom. The molecule has 0 fully saturated rings. The molecule has 0 saturated heterocycles. The molecule has 2 nitrogen and oxygen atoms in total. The molecule has 0 spiro atoms. The van der Waals surface area contributed by atoms with Crippen LogP contribution in [0.1, 0.15) is 53.9 Å².